The molecule has 1 aromatic heterocycles. The van der Waals surface area contributed by atoms with Crippen molar-refractivity contribution >= 4 is 15.9 Å². The van der Waals surface area contributed by atoms with Gasteiger partial charge >= 0.3 is 0 Å². The Labute approximate surface area is 141 Å². The van der Waals surface area contributed by atoms with E-state index in [1.807, 2.05) is 0 Å². The quantitative estimate of drug-likeness (QED) is 0.867. The van der Waals surface area contributed by atoms with Crippen molar-refractivity contribution in [2.45, 2.75) is 25.1 Å². The summed E-state index contributed by atoms with van der Waals surface area (Å²) in [6.45, 7) is 1.53. The normalized spacial score (nSPS) is 15.5. The number of benzene rings is 1. The smallest absolute Gasteiger partial charge is 0.251 e. The lowest BCUT2D eigenvalue weighted by Crippen LogP contribution is -2.29. The van der Waals surface area contributed by atoms with E-state index in [9.17, 15) is 13.2 Å². The van der Waals surface area contributed by atoms with Gasteiger partial charge in [0.05, 0.1) is 18.6 Å². The first-order valence-corrected chi connectivity index (χ1v) is 9.53. The van der Waals surface area contributed by atoms with Crippen molar-refractivity contribution in [3.63, 3.8) is 0 Å². The van der Waals surface area contributed by atoms with E-state index in [1.54, 1.807) is 42.7 Å². The predicted molar refractivity (Wildman–Crippen MR) is 89.8 cm³/mol. The molecule has 2 heterocycles. The van der Waals surface area contributed by atoms with Crippen LogP contribution in [0.2, 0.25) is 0 Å². The maximum atomic E-state index is 12.3. The molecule has 128 valence electrons. The number of hydrogen-bond acceptors (Lipinski definition) is 4. The zero-order chi connectivity index (χ0) is 17.0. The topological polar surface area (TPSA) is 79.6 Å². The number of rotatable bonds is 6. The van der Waals surface area contributed by atoms with E-state index in [1.165, 1.54) is 4.31 Å². The minimum absolute atomic E-state index is 0.0265. The molecule has 1 fully saturated rings. The van der Waals surface area contributed by atoms with E-state index in [4.69, 9.17) is 4.42 Å². The Morgan fingerprint density at radius 1 is 1.12 bits per heavy atom. The van der Waals surface area contributed by atoms with Crippen LogP contribution < -0.4 is 5.32 Å². The number of carbonyl (C=O) groups is 1. The molecule has 7 heteroatoms. The first-order valence-electron chi connectivity index (χ1n) is 7.92. The number of nitrogens with one attached hydrogen (secondary N) is 1. The molecule has 1 aromatic carbocycles. The first kappa shape index (κ1) is 16.7. The molecule has 6 nitrogen and oxygen atoms in total. The van der Waals surface area contributed by atoms with Crippen LogP contribution in [0, 0.1) is 0 Å². The van der Waals surface area contributed by atoms with Crippen molar-refractivity contribution < 1.29 is 17.6 Å². The zero-order valence-electron chi connectivity index (χ0n) is 13.3. The number of nitrogens with zero attached hydrogens (tertiary/aromatic N) is 1. The van der Waals surface area contributed by atoms with Gasteiger partial charge in [-0.05, 0) is 42.7 Å². The Balaban J connectivity index is 1.59. The summed E-state index contributed by atoms with van der Waals surface area (Å²) < 4.78 is 31.3. The number of carbonyl (C=O) groups excluding carboxylic acids is 1. The number of hydrogen-bond donors (Lipinski definition) is 1. The molecular formula is C17H20N2O4S. The predicted octanol–water partition coefficient (Wildman–Crippen LogP) is 2.14. The second kappa shape index (κ2) is 7.19. The van der Waals surface area contributed by atoms with E-state index in [0.29, 0.717) is 36.5 Å². The largest absolute Gasteiger partial charge is 0.467 e. The van der Waals surface area contributed by atoms with Crippen LogP contribution in [-0.4, -0.2) is 31.7 Å². The summed E-state index contributed by atoms with van der Waals surface area (Å²) >= 11 is 0. The lowest BCUT2D eigenvalue weighted by atomic mass is 10.1. The fourth-order valence-corrected chi connectivity index (χ4v) is 4.31. The summed E-state index contributed by atoms with van der Waals surface area (Å²) in [5.74, 6) is 0.429. The Hall–Kier alpha value is -2.12. The van der Waals surface area contributed by atoms with E-state index in [0.717, 1.165) is 12.8 Å². The van der Waals surface area contributed by atoms with Crippen LogP contribution in [0.25, 0.3) is 0 Å². The van der Waals surface area contributed by atoms with Crippen LogP contribution in [0.1, 0.15) is 34.5 Å². The molecule has 1 N–H and O–H groups in total. The Kier molecular flexibility index (Phi) is 5.01. The molecular weight excluding hydrogens is 328 g/mol. The molecule has 2 aromatic rings. The molecule has 0 saturated carbocycles. The molecule has 1 saturated heterocycles. The van der Waals surface area contributed by atoms with Gasteiger partial charge in [-0.1, -0.05) is 12.1 Å². The monoisotopic (exact) mass is 348 g/mol. The van der Waals surface area contributed by atoms with E-state index in [2.05, 4.69) is 5.32 Å². The summed E-state index contributed by atoms with van der Waals surface area (Å²) in [6.07, 6.45) is 3.40. The van der Waals surface area contributed by atoms with Crippen molar-refractivity contribution in [2.75, 3.05) is 13.1 Å². The van der Waals surface area contributed by atoms with Crippen molar-refractivity contribution in [1.82, 2.24) is 9.62 Å². The highest BCUT2D eigenvalue weighted by atomic mass is 32.2. The van der Waals surface area contributed by atoms with Crippen molar-refractivity contribution in [1.29, 1.82) is 0 Å². The second-order valence-electron chi connectivity index (χ2n) is 5.82. The van der Waals surface area contributed by atoms with Crippen molar-refractivity contribution in [3.05, 3.63) is 59.5 Å². The van der Waals surface area contributed by atoms with Gasteiger partial charge in [0.1, 0.15) is 5.76 Å². The molecule has 0 bridgehead atoms. The lowest BCUT2D eigenvalue weighted by Gasteiger charge is -2.15. The average Bonchev–Trinajstić information content (AvgIpc) is 3.26. The molecule has 0 spiro atoms. The Morgan fingerprint density at radius 2 is 1.83 bits per heavy atom. The minimum Gasteiger partial charge on any atom is -0.467 e. The molecule has 1 aliphatic rings. The zero-order valence-corrected chi connectivity index (χ0v) is 14.1. The van der Waals surface area contributed by atoms with Gasteiger partial charge in [-0.2, -0.15) is 0 Å². The van der Waals surface area contributed by atoms with Gasteiger partial charge in [0.15, 0.2) is 0 Å². The van der Waals surface area contributed by atoms with Gasteiger partial charge in [-0.15, -0.1) is 0 Å². The van der Waals surface area contributed by atoms with Gasteiger partial charge < -0.3 is 9.73 Å². The van der Waals surface area contributed by atoms with Crippen LogP contribution in [-0.2, 0) is 22.3 Å². The van der Waals surface area contributed by atoms with Crippen LogP contribution in [0.15, 0.2) is 47.1 Å². The maximum absolute atomic E-state index is 12.3. The van der Waals surface area contributed by atoms with Crippen LogP contribution >= 0.6 is 0 Å². The number of furan rings is 1. The number of amides is 1. The summed E-state index contributed by atoms with van der Waals surface area (Å²) in [5, 5.41) is 2.75. The average molecular weight is 348 g/mol. The molecule has 24 heavy (non-hydrogen) atoms. The SMILES string of the molecule is O=C(NCc1ccco1)c1ccc(CS(=O)(=O)N2CCCC2)cc1. The maximum Gasteiger partial charge on any atom is 0.251 e. The van der Waals surface area contributed by atoms with Crippen LogP contribution in [0.3, 0.4) is 0 Å². The molecule has 0 radical (unpaired) electrons. The van der Waals surface area contributed by atoms with Gasteiger partial charge in [0, 0.05) is 18.7 Å². The fraction of sp³-hybridized carbons (Fsp3) is 0.353. The molecule has 0 aliphatic carbocycles. The van der Waals surface area contributed by atoms with Gasteiger partial charge in [0.2, 0.25) is 10.0 Å². The third-order valence-corrected chi connectivity index (χ3v) is 5.88. The van der Waals surface area contributed by atoms with Gasteiger partial charge in [-0.3, -0.25) is 4.79 Å². The van der Waals surface area contributed by atoms with E-state index < -0.39 is 10.0 Å². The highest BCUT2D eigenvalue weighted by Crippen LogP contribution is 2.17. The van der Waals surface area contributed by atoms with Gasteiger partial charge in [-0.25, -0.2) is 12.7 Å². The number of sulfonamides is 1. The molecule has 3 rings (SSSR count). The Morgan fingerprint density at radius 3 is 2.46 bits per heavy atom. The third-order valence-electron chi connectivity index (χ3n) is 4.03. The standard InChI is InChI=1S/C17H20N2O4S/c20-17(18-12-16-4-3-11-23-16)15-7-5-14(6-8-15)13-24(21,22)19-9-1-2-10-19/h3-8,11H,1-2,9-10,12-13H2,(H,18,20). The van der Waals surface area contributed by atoms with Gasteiger partial charge in [0.25, 0.3) is 5.91 Å². The highest BCUT2D eigenvalue weighted by Gasteiger charge is 2.25. The molecule has 0 atom stereocenters. The fourth-order valence-electron chi connectivity index (χ4n) is 2.70. The van der Waals surface area contributed by atoms with E-state index >= 15 is 0 Å². The summed E-state index contributed by atoms with van der Waals surface area (Å²) in [5.41, 5.74) is 1.17. The van der Waals surface area contributed by atoms with Crippen molar-refractivity contribution in [2.24, 2.45) is 0 Å². The first-order chi connectivity index (χ1) is 11.5. The third kappa shape index (κ3) is 4.04. The minimum atomic E-state index is -3.27. The molecule has 1 aliphatic heterocycles. The summed E-state index contributed by atoms with van der Waals surface area (Å²) in [7, 11) is -3.27. The molecule has 0 unspecified atom stereocenters. The summed E-state index contributed by atoms with van der Waals surface area (Å²) in [6, 6.07) is 10.2. The van der Waals surface area contributed by atoms with Crippen LogP contribution in [0.5, 0.6) is 0 Å². The van der Waals surface area contributed by atoms with Crippen LogP contribution in [0.4, 0.5) is 0 Å². The Bertz CT molecular complexity index is 777. The highest BCUT2D eigenvalue weighted by molar-refractivity contribution is 7.88. The lowest BCUT2D eigenvalue weighted by molar-refractivity contribution is 0.0948. The molecule has 1 amide bonds. The van der Waals surface area contributed by atoms with Crippen molar-refractivity contribution in [3.8, 4) is 0 Å². The van der Waals surface area contributed by atoms with E-state index in [-0.39, 0.29) is 11.7 Å². The second-order valence-corrected chi connectivity index (χ2v) is 7.79. The summed E-state index contributed by atoms with van der Waals surface area (Å²) in [4.78, 5) is 12.1.